The molecular formula is C28H25N5O4S. The molecule has 3 heterocycles. The predicted molar refractivity (Wildman–Crippen MR) is 145 cm³/mol. The van der Waals surface area contributed by atoms with Crippen LogP contribution in [0, 0.1) is 0 Å². The van der Waals surface area contributed by atoms with Crippen molar-refractivity contribution >= 4 is 26.8 Å². The molecular weight excluding hydrogens is 502 g/mol. The van der Waals surface area contributed by atoms with Gasteiger partial charge in [0.2, 0.25) is 10.0 Å². The lowest BCUT2D eigenvalue weighted by Gasteiger charge is -2.17. The number of nitrogens with zero attached hydrogens (tertiary/aromatic N) is 5. The number of amides is 1. The maximum atomic E-state index is 13.1. The zero-order valence-electron chi connectivity index (χ0n) is 21.1. The highest BCUT2D eigenvalue weighted by molar-refractivity contribution is 7.88. The van der Waals surface area contributed by atoms with Gasteiger partial charge >= 0.3 is 0 Å². The molecule has 5 aromatic rings. The van der Waals surface area contributed by atoms with Gasteiger partial charge in [0.15, 0.2) is 0 Å². The maximum Gasteiger partial charge on any atom is 0.269 e. The first kappa shape index (κ1) is 25.1. The Morgan fingerprint density at radius 3 is 2.42 bits per heavy atom. The quantitative estimate of drug-likeness (QED) is 0.310. The van der Waals surface area contributed by atoms with E-state index in [0.717, 1.165) is 34.0 Å². The first-order chi connectivity index (χ1) is 18.2. The molecule has 38 heavy (non-hydrogen) atoms. The van der Waals surface area contributed by atoms with Gasteiger partial charge in [0.25, 0.3) is 5.91 Å². The van der Waals surface area contributed by atoms with E-state index in [1.54, 1.807) is 23.1 Å². The van der Waals surface area contributed by atoms with E-state index < -0.39 is 15.9 Å². The molecule has 0 unspecified atom stereocenters. The molecule has 1 amide bonds. The molecule has 0 spiro atoms. The van der Waals surface area contributed by atoms with E-state index in [0.29, 0.717) is 21.3 Å². The molecule has 0 saturated carbocycles. The summed E-state index contributed by atoms with van der Waals surface area (Å²) in [6.07, 6.45) is 6.44. The Hall–Kier alpha value is -4.57. The third-order valence-corrected chi connectivity index (χ3v) is 7.30. The van der Waals surface area contributed by atoms with Crippen LogP contribution in [-0.2, 0) is 23.7 Å². The number of para-hydroxylation sites is 1. The number of hydrogen-bond acceptors (Lipinski definition) is 7. The van der Waals surface area contributed by atoms with Gasteiger partial charge in [-0.25, -0.2) is 17.7 Å². The molecule has 2 aromatic carbocycles. The Kier molecular flexibility index (Phi) is 6.64. The van der Waals surface area contributed by atoms with E-state index in [1.807, 2.05) is 73.9 Å². The third kappa shape index (κ3) is 5.12. The first-order valence-electron chi connectivity index (χ1n) is 11.7. The lowest BCUT2D eigenvalue weighted by Crippen LogP contribution is -2.33. The standard InChI is InChI=1S/C28H25N5O4S/c1-32-17-24(19-12-14-29-15-13-19)27(31-32)20-8-10-22(11-9-20)37-18-26-23(28(34)33(2)38(3,35)36)16-21-6-4-5-7-25(21)30-26/h4-17H,18H2,1-3H3. The third-order valence-electron chi connectivity index (χ3n) is 6.14. The van der Waals surface area contributed by atoms with Crippen LogP contribution >= 0.6 is 0 Å². The second-order valence-electron chi connectivity index (χ2n) is 8.82. The van der Waals surface area contributed by atoms with Crippen molar-refractivity contribution in [2.75, 3.05) is 13.3 Å². The van der Waals surface area contributed by atoms with Gasteiger partial charge in [-0.15, -0.1) is 0 Å². The van der Waals surface area contributed by atoms with Gasteiger partial charge in [0.05, 0.1) is 23.0 Å². The molecule has 0 radical (unpaired) electrons. The summed E-state index contributed by atoms with van der Waals surface area (Å²) in [7, 11) is -0.629. The second-order valence-corrected chi connectivity index (χ2v) is 10.8. The van der Waals surface area contributed by atoms with E-state index >= 15 is 0 Å². The molecule has 0 fully saturated rings. The predicted octanol–water partition coefficient (Wildman–Crippen LogP) is 4.31. The number of sulfonamides is 1. The fraction of sp³-hybridized carbons (Fsp3) is 0.143. The topological polar surface area (TPSA) is 107 Å². The normalized spacial score (nSPS) is 11.4. The van der Waals surface area contributed by atoms with Crippen LogP contribution < -0.4 is 4.74 Å². The summed E-state index contributed by atoms with van der Waals surface area (Å²) in [4.78, 5) is 21.8. The van der Waals surface area contributed by atoms with E-state index in [1.165, 1.54) is 7.05 Å². The summed E-state index contributed by atoms with van der Waals surface area (Å²) in [5, 5.41) is 5.36. The van der Waals surface area contributed by atoms with Gasteiger partial charge in [0, 0.05) is 49.2 Å². The number of carbonyl (C=O) groups excluding carboxylic acids is 1. The molecule has 0 atom stereocenters. The summed E-state index contributed by atoms with van der Waals surface area (Å²) in [5.41, 5.74) is 4.95. The Bertz CT molecular complexity index is 1730. The molecule has 0 N–H and O–H groups in total. The number of benzene rings is 2. The van der Waals surface area contributed by atoms with Crippen molar-refractivity contribution in [1.82, 2.24) is 24.1 Å². The first-order valence-corrected chi connectivity index (χ1v) is 13.6. The van der Waals surface area contributed by atoms with Gasteiger partial charge in [-0.3, -0.25) is 14.5 Å². The van der Waals surface area contributed by atoms with E-state index in [-0.39, 0.29) is 12.2 Å². The Balaban J connectivity index is 1.42. The van der Waals surface area contributed by atoms with Crippen molar-refractivity contribution in [2.45, 2.75) is 6.61 Å². The highest BCUT2D eigenvalue weighted by Gasteiger charge is 2.24. The summed E-state index contributed by atoms with van der Waals surface area (Å²) >= 11 is 0. The van der Waals surface area contributed by atoms with Crippen molar-refractivity contribution in [1.29, 1.82) is 0 Å². The summed E-state index contributed by atoms with van der Waals surface area (Å²) in [6.45, 7) is -0.0191. The molecule has 9 nitrogen and oxygen atoms in total. The Labute approximate surface area is 220 Å². The lowest BCUT2D eigenvalue weighted by molar-refractivity contribution is 0.0880. The van der Waals surface area contributed by atoms with Gasteiger partial charge < -0.3 is 4.74 Å². The number of fused-ring (bicyclic) bond motifs is 1. The average Bonchev–Trinajstić information content (AvgIpc) is 3.32. The summed E-state index contributed by atoms with van der Waals surface area (Å²) < 4.78 is 32.5. The molecule has 0 saturated heterocycles. The van der Waals surface area contributed by atoms with Crippen molar-refractivity contribution < 1.29 is 17.9 Å². The van der Waals surface area contributed by atoms with Crippen LogP contribution in [0.2, 0.25) is 0 Å². The highest BCUT2D eigenvalue weighted by atomic mass is 32.2. The Morgan fingerprint density at radius 1 is 1.00 bits per heavy atom. The van der Waals surface area contributed by atoms with Crippen molar-refractivity contribution in [3.8, 4) is 28.1 Å². The lowest BCUT2D eigenvalue weighted by atomic mass is 10.0. The molecule has 0 aliphatic rings. The minimum Gasteiger partial charge on any atom is -0.487 e. The Morgan fingerprint density at radius 2 is 1.71 bits per heavy atom. The van der Waals surface area contributed by atoms with Crippen LogP contribution in [0.3, 0.4) is 0 Å². The number of pyridine rings is 2. The van der Waals surface area contributed by atoms with E-state index in [9.17, 15) is 13.2 Å². The summed E-state index contributed by atoms with van der Waals surface area (Å²) in [5.74, 6) is -0.0986. The van der Waals surface area contributed by atoms with Crippen molar-refractivity contribution in [2.24, 2.45) is 7.05 Å². The van der Waals surface area contributed by atoms with Crippen LogP contribution in [0.5, 0.6) is 5.75 Å². The highest BCUT2D eigenvalue weighted by Crippen LogP contribution is 2.31. The van der Waals surface area contributed by atoms with Gasteiger partial charge in [-0.2, -0.15) is 5.10 Å². The molecule has 0 aliphatic carbocycles. The molecule has 192 valence electrons. The number of hydrogen-bond donors (Lipinski definition) is 0. The van der Waals surface area contributed by atoms with Crippen LogP contribution in [0.1, 0.15) is 16.1 Å². The van der Waals surface area contributed by atoms with Crippen LogP contribution in [0.4, 0.5) is 0 Å². The second kappa shape index (κ2) is 10.1. The van der Waals surface area contributed by atoms with Crippen molar-refractivity contribution in [3.05, 3.63) is 96.6 Å². The van der Waals surface area contributed by atoms with Gasteiger partial charge in [0.1, 0.15) is 18.1 Å². The number of aromatic nitrogens is 4. The smallest absolute Gasteiger partial charge is 0.269 e. The number of rotatable bonds is 7. The van der Waals surface area contributed by atoms with Gasteiger partial charge in [-0.05, 0) is 54.1 Å². The number of ether oxygens (including phenoxy) is 1. The van der Waals surface area contributed by atoms with Crippen molar-refractivity contribution in [3.63, 3.8) is 0 Å². The largest absolute Gasteiger partial charge is 0.487 e. The fourth-order valence-corrected chi connectivity index (χ4v) is 4.48. The molecule has 0 aliphatic heterocycles. The monoisotopic (exact) mass is 527 g/mol. The van der Waals surface area contributed by atoms with Gasteiger partial charge in [-0.1, -0.05) is 18.2 Å². The van der Waals surface area contributed by atoms with Crippen LogP contribution in [-0.4, -0.2) is 51.7 Å². The molecule has 0 bridgehead atoms. The zero-order valence-corrected chi connectivity index (χ0v) is 21.9. The maximum absolute atomic E-state index is 13.1. The van der Waals surface area contributed by atoms with Crippen LogP contribution in [0.25, 0.3) is 33.3 Å². The van der Waals surface area contributed by atoms with E-state index in [2.05, 4.69) is 15.1 Å². The van der Waals surface area contributed by atoms with E-state index in [4.69, 9.17) is 4.74 Å². The average molecular weight is 528 g/mol. The molecule has 10 heteroatoms. The minimum absolute atomic E-state index is 0.0191. The number of aryl methyl sites for hydroxylation is 1. The fourth-order valence-electron chi connectivity index (χ4n) is 4.08. The molecule has 3 aromatic heterocycles. The zero-order chi connectivity index (χ0) is 26.9. The SMILES string of the molecule is CN(C(=O)c1cc2ccccc2nc1COc1ccc(-c2nn(C)cc2-c2ccncc2)cc1)S(C)(=O)=O. The summed E-state index contributed by atoms with van der Waals surface area (Å²) in [6, 6.07) is 20.3. The molecule has 5 rings (SSSR count). The number of carbonyl (C=O) groups is 1. The minimum atomic E-state index is -3.74. The van der Waals surface area contributed by atoms with Crippen LogP contribution in [0.15, 0.2) is 85.3 Å².